The highest BCUT2D eigenvalue weighted by atomic mass is 32.1. The van der Waals surface area contributed by atoms with Gasteiger partial charge < -0.3 is 11.1 Å². The number of nitrogens with one attached hydrogen (secondary N) is 1. The summed E-state index contributed by atoms with van der Waals surface area (Å²) in [5, 5.41) is 4.62. The van der Waals surface area contributed by atoms with Gasteiger partial charge in [-0.3, -0.25) is 14.5 Å². The summed E-state index contributed by atoms with van der Waals surface area (Å²) in [7, 11) is 0. The average molecular weight is 287 g/mol. The summed E-state index contributed by atoms with van der Waals surface area (Å²) in [6.07, 6.45) is 0. The summed E-state index contributed by atoms with van der Waals surface area (Å²) in [4.78, 5) is 26.5. The molecule has 2 heterocycles. The fourth-order valence-electron chi connectivity index (χ4n) is 2.19. The Hall–Kier alpha value is -2.18. The first-order chi connectivity index (χ1) is 9.66. The topological polar surface area (TPSA) is 75.4 Å². The number of hydrogen-bond donors (Lipinski definition) is 2. The van der Waals surface area contributed by atoms with Crippen molar-refractivity contribution in [2.24, 2.45) is 5.73 Å². The number of thiophene rings is 1. The second-order valence-corrected chi connectivity index (χ2v) is 5.46. The number of rotatable bonds is 2. The molecule has 0 spiro atoms. The molecule has 2 amide bonds. The zero-order valence-electron chi connectivity index (χ0n) is 10.6. The SMILES string of the molecule is NC(C(=O)N1CC(=O)Nc2ccccc21)c1cccs1. The lowest BCUT2D eigenvalue weighted by Crippen LogP contribution is -2.45. The first-order valence-electron chi connectivity index (χ1n) is 6.16. The van der Waals surface area contributed by atoms with E-state index in [1.54, 1.807) is 12.1 Å². The molecule has 1 atom stereocenters. The molecule has 1 aromatic heterocycles. The molecule has 20 heavy (non-hydrogen) atoms. The fourth-order valence-corrected chi connectivity index (χ4v) is 2.91. The third kappa shape index (κ3) is 2.19. The molecule has 2 aromatic rings. The van der Waals surface area contributed by atoms with Crippen LogP contribution in [-0.4, -0.2) is 18.4 Å². The maximum atomic E-state index is 12.5. The van der Waals surface area contributed by atoms with Gasteiger partial charge in [-0.25, -0.2) is 0 Å². The maximum absolute atomic E-state index is 12.5. The van der Waals surface area contributed by atoms with Gasteiger partial charge in [-0.1, -0.05) is 18.2 Å². The van der Waals surface area contributed by atoms with E-state index in [-0.39, 0.29) is 18.4 Å². The van der Waals surface area contributed by atoms with E-state index < -0.39 is 6.04 Å². The third-order valence-electron chi connectivity index (χ3n) is 3.15. The lowest BCUT2D eigenvalue weighted by molar-refractivity contribution is -0.122. The molecule has 0 aliphatic carbocycles. The van der Waals surface area contributed by atoms with Crippen LogP contribution in [0.4, 0.5) is 11.4 Å². The van der Waals surface area contributed by atoms with Crippen molar-refractivity contribution in [1.29, 1.82) is 0 Å². The van der Waals surface area contributed by atoms with Gasteiger partial charge in [-0.05, 0) is 23.6 Å². The van der Waals surface area contributed by atoms with Crippen LogP contribution in [0.25, 0.3) is 0 Å². The van der Waals surface area contributed by atoms with Crippen LogP contribution in [0, 0.1) is 0 Å². The Morgan fingerprint density at radius 1 is 1.30 bits per heavy atom. The lowest BCUT2D eigenvalue weighted by atomic mass is 10.1. The van der Waals surface area contributed by atoms with Gasteiger partial charge in [-0.2, -0.15) is 0 Å². The predicted molar refractivity (Wildman–Crippen MR) is 78.7 cm³/mol. The maximum Gasteiger partial charge on any atom is 0.249 e. The number of benzene rings is 1. The van der Waals surface area contributed by atoms with Gasteiger partial charge >= 0.3 is 0 Å². The summed E-state index contributed by atoms with van der Waals surface area (Å²) in [5.74, 6) is -0.481. The number of fused-ring (bicyclic) bond motifs is 1. The molecule has 5 nitrogen and oxygen atoms in total. The molecule has 0 saturated heterocycles. The van der Waals surface area contributed by atoms with E-state index in [0.717, 1.165) is 4.88 Å². The van der Waals surface area contributed by atoms with Crippen LogP contribution in [0.2, 0.25) is 0 Å². The van der Waals surface area contributed by atoms with Gasteiger partial charge in [0.2, 0.25) is 11.8 Å². The Morgan fingerprint density at radius 2 is 2.10 bits per heavy atom. The van der Waals surface area contributed by atoms with E-state index >= 15 is 0 Å². The van der Waals surface area contributed by atoms with Gasteiger partial charge in [-0.15, -0.1) is 11.3 Å². The second kappa shape index (κ2) is 5.07. The predicted octanol–water partition coefficient (Wildman–Crippen LogP) is 1.73. The van der Waals surface area contributed by atoms with E-state index in [1.807, 2.05) is 29.6 Å². The van der Waals surface area contributed by atoms with Gasteiger partial charge in [0.1, 0.15) is 12.6 Å². The Morgan fingerprint density at radius 3 is 2.85 bits per heavy atom. The number of para-hydroxylation sites is 2. The van der Waals surface area contributed by atoms with Crippen molar-refractivity contribution in [2.45, 2.75) is 6.04 Å². The number of carbonyl (C=O) groups excluding carboxylic acids is 2. The van der Waals surface area contributed by atoms with Crippen molar-refractivity contribution in [3.05, 3.63) is 46.7 Å². The molecule has 6 heteroatoms. The van der Waals surface area contributed by atoms with Crippen LogP contribution in [-0.2, 0) is 9.59 Å². The standard InChI is InChI=1S/C14H13N3O2S/c15-13(11-6-3-7-20-11)14(19)17-8-12(18)16-9-4-1-2-5-10(9)17/h1-7,13H,8,15H2,(H,16,18). The van der Waals surface area contributed by atoms with Crippen molar-refractivity contribution in [3.63, 3.8) is 0 Å². The van der Waals surface area contributed by atoms with Crippen LogP contribution in [0.15, 0.2) is 41.8 Å². The van der Waals surface area contributed by atoms with Gasteiger partial charge in [0.05, 0.1) is 11.4 Å². The number of anilines is 2. The zero-order chi connectivity index (χ0) is 14.1. The third-order valence-corrected chi connectivity index (χ3v) is 4.11. The molecule has 1 aliphatic rings. The molecule has 1 aromatic carbocycles. The summed E-state index contributed by atoms with van der Waals surface area (Å²) < 4.78 is 0. The van der Waals surface area contributed by atoms with Crippen LogP contribution in [0.3, 0.4) is 0 Å². The van der Waals surface area contributed by atoms with E-state index in [2.05, 4.69) is 5.32 Å². The van der Waals surface area contributed by atoms with Gasteiger partial charge in [0, 0.05) is 4.88 Å². The minimum atomic E-state index is -0.742. The first-order valence-corrected chi connectivity index (χ1v) is 7.04. The first kappa shape index (κ1) is 12.8. The number of nitrogens with two attached hydrogens (primary N) is 1. The van der Waals surface area contributed by atoms with Crippen molar-refractivity contribution in [3.8, 4) is 0 Å². The number of amides is 2. The number of hydrogen-bond acceptors (Lipinski definition) is 4. The molecule has 0 saturated carbocycles. The minimum Gasteiger partial charge on any atom is -0.323 e. The van der Waals surface area contributed by atoms with E-state index in [1.165, 1.54) is 16.2 Å². The van der Waals surface area contributed by atoms with Crippen LogP contribution >= 0.6 is 11.3 Å². The second-order valence-electron chi connectivity index (χ2n) is 4.48. The highest BCUT2D eigenvalue weighted by Crippen LogP contribution is 2.31. The van der Waals surface area contributed by atoms with Crippen LogP contribution in [0.5, 0.6) is 0 Å². The summed E-state index contributed by atoms with van der Waals surface area (Å²) >= 11 is 1.43. The molecule has 3 N–H and O–H groups in total. The molecular formula is C14H13N3O2S. The smallest absolute Gasteiger partial charge is 0.249 e. The highest BCUT2D eigenvalue weighted by Gasteiger charge is 2.30. The van der Waals surface area contributed by atoms with Crippen molar-refractivity contribution < 1.29 is 9.59 Å². The molecule has 1 aliphatic heterocycles. The summed E-state index contributed by atoms with van der Waals surface area (Å²) in [6, 6.07) is 10.1. The molecule has 0 fully saturated rings. The minimum absolute atomic E-state index is 0.00504. The number of nitrogens with zero attached hydrogens (tertiary/aromatic N) is 1. The molecule has 102 valence electrons. The summed E-state index contributed by atoms with van der Waals surface area (Å²) in [5.41, 5.74) is 7.32. The fraction of sp³-hybridized carbons (Fsp3) is 0.143. The van der Waals surface area contributed by atoms with E-state index in [4.69, 9.17) is 5.73 Å². The molecule has 1 unspecified atom stereocenters. The molecule has 0 bridgehead atoms. The normalized spacial score (nSPS) is 15.4. The monoisotopic (exact) mass is 287 g/mol. The Bertz CT molecular complexity index is 654. The van der Waals surface area contributed by atoms with Gasteiger partial charge in [0.25, 0.3) is 0 Å². The average Bonchev–Trinajstić information content (AvgIpc) is 2.99. The Balaban J connectivity index is 1.94. The van der Waals surface area contributed by atoms with Crippen molar-refractivity contribution in [1.82, 2.24) is 0 Å². The van der Waals surface area contributed by atoms with Crippen LogP contribution < -0.4 is 16.0 Å². The molecule has 3 rings (SSSR count). The number of carbonyl (C=O) groups is 2. The van der Waals surface area contributed by atoms with E-state index in [0.29, 0.717) is 11.4 Å². The Kier molecular flexibility index (Phi) is 3.25. The van der Waals surface area contributed by atoms with Crippen LogP contribution in [0.1, 0.15) is 10.9 Å². The lowest BCUT2D eigenvalue weighted by Gasteiger charge is -2.30. The van der Waals surface area contributed by atoms with Gasteiger partial charge in [0.15, 0.2) is 0 Å². The zero-order valence-corrected chi connectivity index (χ0v) is 11.4. The quantitative estimate of drug-likeness (QED) is 0.883. The Labute approximate surface area is 120 Å². The summed E-state index contributed by atoms with van der Waals surface area (Å²) in [6.45, 7) is -0.00504. The van der Waals surface area contributed by atoms with E-state index in [9.17, 15) is 9.59 Å². The largest absolute Gasteiger partial charge is 0.323 e. The molecule has 0 radical (unpaired) electrons. The van der Waals surface area contributed by atoms with Crippen molar-refractivity contribution in [2.75, 3.05) is 16.8 Å². The molecular weight excluding hydrogens is 274 g/mol. The van der Waals surface area contributed by atoms with Crippen molar-refractivity contribution >= 4 is 34.5 Å². The highest BCUT2D eigenvalue weighted by molar-refractivity contribution is 7.10.